The highest BCUT2D eigenvalue weighted by atomic mass is 79.9. The molecule has 0 saturated carbocycles. The molecule has 0 spiro atoms. The molecule has 1 aromatic carbocycles. The molecule has 0 aliphatic heterocycles. The molecule has 6 nitrogen and oxygen atoms in total. The van der Waals surface area contributed by atoms with Crippen LogP contribution in [0.3, 0.4) is 0 Å². The largest absolute Gasteiger partial charge is 0.504 e. The monoisotopic (exact) mass is 299 g/mol. The van der Waals surface area contributed by atoms with Gasteiger partial charge in [0.25, 0.3) is 0 Å². The molecule has 17 heavy (non-hydrogen) atoms. The van der Waals surface area contributed by atoms with Gasteiger partial charge in [0.2, 0.25) is 11.7 Å². The number of hydrogen-bond donors (Lipinski definition) is 2. The maximum absolute atomic E-state index is 10.00. The number of rotatable bonds is 3. The van der Waals surface area contributed by atoms with Gasteiger partial charge in [0.05, 0.1) is 19.2 Å². The predicted octanol–water partition coefficient (Wildman–Crippen LogP) is 1.67. The van der Waals surface area contributed by atoms with Crippen LogP contribution in [0.15, 0.2) is 21.1 Å². The Morgan fingerprint density at radius 3 is 2.88 bits per heavy atom. The fourth-order valence-electron chi connectivity index (χ4n) is 1.36. The first kappa shape index (κ1) is 11.9. The Hall–Kier alpha value is -1.60. The number of hydrogen-bond acceptors (Lipinski definition) is 6. The van der Waals surface area contributed by atoms with E-state index in [1.54, 1.807) is 12.1 Å². The lowest BCUT2D eigenvalue weighted by atomic mass is 10.2. The minimum Gasteiger partial charge on any atom is -0.504 e. The summed E-state index contributed by atoms with van der Waals surface area (Å²) in [6.45, 7) is 0.148. The molecule has 0 atom stereocenters. The second-order valence-corrected chi connectivity index (χ2v) is 4.04. The molecule has 3 N–H and O–H groups in total. The van der Waals surface area contributed by atoms with Crippen LogP contribution < -0.4 is 10.5 Å². The third kappa shape index (κ3) is 2.11. The molecule has 0 unspecified atom stereocenters. The average Bonchev–Trinajstić information content (AvgIpc) is 2.78. The predicted molar refractivity (Wildman–Crippen MR) is 63.5 cm³/mol. The number of phenols is 1. The van der Waals surface area contributed by atoms with Gasteiger partial charge < -0.3 is 20.1 Å². The number of nitrogens with zero attached hydrogens (tertiary/aromatic N) is 2. The summed E-state index contributed by atoms with van der Waals surface area (Å²) < 4.78 is 10.5. The van der Waals surface area contributed by atoms with Crippen molar-refractivity contribution in [1.82, 2.24) is 10.1 Å². The van der Waals surface area contributed by atoms with E-state index in [1.165, 1.54) is 7.11 Å². The molecular weight excluding hydrogens is 290 g/mol. The number of benzene rings is 1. The smallest absolute Gasteiger partial charge is 0.240 e. The van der Waals surface area contributed by atoms with Gasteiger partial charge >= 0.3 is 0 Å². The molecule has 2 rings (SSSR count). The number of methoxy groups -OCH3 is 1. The Morgan fingerprint density at radius 2 is 2.29 bits per heavy atom. The van der Waals surface area contributed by atoms with Gasteiger partial charge in [-0.05, 0) is 28.1 Å². The van der Waals surface area contributed by atoms with E-state index >= 15 is 0 Å². The Labute approximate surface area is 106 Å². The molecule has 1 aromatic heterocycles. The van der Waals surface area contributed by atoms with Crippen molar-refractivity contribution in [1.29, 1.82) is 0 Å². The zero-order valence-corrected chi connectivity index (χ0v) is 10.6. The Kier molecular flexibility index (Phi) is 3.30. The van der Waals surface area contributed by atoms with Crippen LogP contribution in [0.5, 0.6) is 11.5 Å². The SMILES string of the molecule is COc1ccc(Br)c(-c2noc(CN)n2)c1O. The topological polar surface area (TPSA) is 94.4 Å². The van der Waals surface area contributed by atoms with Crippen molar-refractivity contribution in [3.63, 3.8) is 0 Å². The van der Waals surface area contributed by atoms with E-state index in [4.69, 9.17) is 15.0 Å². The summed E-state index contributed by atoms with van der Waals surface area (Å²) in [5.74, 6) is 0.844. The summed E-state index contributed by atoms with van der Waals surface area (Å²) in [5, 5.41) is 13.7. The van der Waals surface area contributed by atoms with Gasteiger partial charge in [-0.15, -0.1) is 0 Å². The van der Waals surface area contributed by atoms with Crippen LogP contribution in [0.25, 0.3) is 11.4 Å². The standard InChI is InChI=1S/C10H10BrN3O3/c1-16-6-3-2-5(11)8(9(6)15)10-13-7(4-12)17-14-10/h2-3,15H,4,12H2,1H3. The van der Waals surface area contributed by atoms with Crippen molar-refractivity contribution in [2.75, 3.05) is 7.11 Å². The highest BCUT2D eigenvalue weighted by molar-refractivity contribution is 9.10. The Morgan fingerprint density at radius 1 is 1.53 bits per heavy atom. The van der Waals surface area contributed by atoms with Gasteiger partial charge in [0.1, 0.15) is 0 Å². The molecule has 0 fully saturated rings. The van der Waals surface area contributed by atoms with Crippen molar-refractivity contribution in [3.8, 4) is 22.9 Å². The van der Waals surface area contributed by atoms with Crippen molar-refractivity contribution < 1.29 is 14.4 Å². The van der Waals surface area contributed by atoms with Crippen molar-refractivity contribution in [2.45, 2.75) is 6.54 Å². The zero-order valence-electron chi connectivity index (χ0n) is 8.98. The number of nitrogens with two attached hydrogens (primary N) is 1. The quantitative estimate of drug-likeness (QED) is 0.895. The number of halogens is 1. The number of aromatic hydroxyl groups is 1. The van der Waals surface area contributed by atoms with E-state index in [2.05, 4.69) is 26.1 Å². The van der Waals surface area contributed by atoms with Crippen LogP contribution in [0.2, 0.25) is 0 Å². The van der Waals surface area contributed by atoms with E-state index < -0.39 is 0 Å². The van der Waals surface area contributed by atoms with Crippen molar-refractivity contribution >= 4 is 15.9 Å². The lowest BCUT2D eigenvalue weighted by molar-refractivity contribution is 0.372. The second-order valence-electron chi connectivity index (χ2n) is 3.19. The minimum atomic E-state index is -0.0498. The molecule has 90 valence electrons. The third-order valence-electron chi connectivity index (χ3n) is 2.18. The van der Waals surface area contributed by atoms with Gasteiger partial charge in [0, 0.05) is 4.47 Å². The number of ether oxygens (including phenoxy) is 1. The third-order valence-corrected chi connectivity index (χ3v) is 2.84. The van der Waals surface area contributed by atoms with E-state index in [0.29, 0.717) is 21.7 Å². The highest BCUT2D eigenvalue weighted by Crippen LogP contribution is 2.40. The fraction of sp³-hybridized carbons (Fsp3) is 0.200. The number of aromatic nitrogens is 2. The van der Waals surface area contributed by atoms with Crippen LogP contribution in [-0.4, -0.2) is 22.4 Å². The zero-order chi connectivity index (χ0) is 12.4. The lowest BCUT2D eigenvalue weighted by Crippen LogP contribution is -1.96. The van der Waals surface area contributed by atoms with Crippen LogP contribution >= 0.6 is 15.9 Å². The molecular formula is C10H10BrN3O3. The molecule has 0 aliphatic carbocycles. The van der Waals surface area contributed by atoms with Crippen LogP contribution in [0.4, 0.5) is 0 Å². The maximum Gasteiger partial charge on any atom is 0.240 e. The van der Waals surface area contributed by atoms with Gasteiger partial charge in [0.15, 0.2) is 11.5 Å². The molecule has 0 saturated heterocycles. The normalized spacial score (nSPS) is 10.5. The molecule has 0 bridgehead atoms. The van der Waals surface area contributed by atoms with Gasteiger partial charge in [-0.3, -0.25) is 0 Å². The molecule has 0 amide bonds. The molecule has 2 aromatic rings. The van der Waals surface area contributed by atoms with E-state index in [-0.39, 0.29) is 18.1 Å². The molecule has 0 radical (unpaired) electrons. The Bertz CT molecular complexity index is 542. The van der Waals surface area contributed by atoms with Crippen molar-refractivity contribution in [3.05, 3.63) is 22.5 Å². The second kappa shape index (κ2) is 4.72. The van der Waals surface area contributed by atoms with E-state index in [9.17, 15) is 5.11 Å². The van der Waals surface area contributed by atoms with Crippen LogP contribution in [-0.2, 0) is 6.54 Å². The fourth-order valence-corrected chi connectivity index (χ4v) is 1.86. The molecule has 1 heterocycles. The first-order valence-corrected chi connectivity index (χ1v) is 5.55. The summed E-state index contributed by atoms with van der Waals surface area (Å²) in [4.78, 5) is 4.05. The van der Waals surface area contributed by atoms with Crippen molar-refractivity contribution in [2.24, 2.45) is 5.73 Å². The minimum absolute atomic E-state index is 0.0498. The summed E-state index contributed by atoms with van der Waals surface area (Å²) in [6, 6.07) is 3.36. The average molecular weight is 300 g/mol. The summed E-state index contributed by atoms with van der Waals surface area (Å²) in [6.07, 6.45) is 0. The lowest BCUT2D eigenvalue weighted by Gasteiger charge is -2.07. The van der Waals surface area contributed by atoms with Crippen LogP contribution in [0.1, 0.15) is 5.89 Å². The van der Waals surface area contributed by atoms with Gasteiger partial charge in [-0.2, -0.15) is 4.98 Å². The van der Waals surface area contributed by atoms with Crippen LogP contribution in [0, 0.1) is 0 Å². The summed E-state index contributed by atoms with van der Waals surface area (Å²) in [7, 11) is 1.47. The van der Waals surface area contributed by atoms with E-state index in [1.807, 2.05) is 0 Å². The molecule has 0 aliphatic rings. The first-order valence-electron chi connectivity index (χ1n) is 4.75. The highest BCUT2D eigenvalue weighted by Gasteiger charge is 2.18. The molecule has 7 heteroatoms. The van der Waals surface area contributed by atoms with E-state index in [0.717, 1.165) is 0 Å². The first-order chi connectivity index (χ1) is 8.17. The Balaban J connectivity index is 2.57. The van der Waals surface area contributed by atoms with Gasteiger partial charge in [-0.25, -0.2) is 0 Å². The maximum atomic E-state index is 10.00. The number of phenolic OH excluding ortho intramolecular Hbond substituents is 1. The van der Waals surface area contributed by atoms with Gasteiger partial charge in [-0.1, -0.05) is 5.16 Å². The summed E-state index contributed by atoms with van der Waals surface area (Å²) >= 11 is 3.31. The summed E-state index contributed by atoms with van der Waals surface area (Å²) in [5.41, 5.74) is 5.79.